The van der Waals surface area contributed by atoms with Crippen LogP contribution in [-0.2, 0) is 9.59 Å². The highest BCUT2D eigenvalue weighted by Crippen LogP contribution is 2.35. The molecule has 1 aromatic carbocycles. The van der Waals surface area contributed by atoms with E-state index in [1.807, 2.05) is 11.0 Å². The van der Waals surface area contributed by atoms with Gasteiger partial charge in [0.1, 0.15) is 0 Å². The van der Waals surface area contributed by atoms with Gasteiger partial charge in [0, 0.05) is 57.8 Å². The Kier molecular flexibility index (Phi) is 4.89. The summed E-state index contributed by atoms with van der Waals surface area (Å²) >= 11 is 0. The first-order chi connectivity index (χ1) is 11.5. The van der Waals surface area contributed by atoms with Crippen molar-refractivity contribution in [1.29, 1.82) is 0 Å². The predicted molar refractivity (Wildman–Crippen MR) is 89.3 cm³/mol. The van der Waals surface area contributed by atoms with E-state index in [4.69, 9.17) is 9.47 Å². The smallest absolute Gasteiger partial charge is 0.231 e. The second-order valence-corrected chi connectivity index (χ2v) is 6.14. The molecule has 0 saturated carbocycles. The average molecular weight is 333 g/mol. The van der Waals surface area contributed by atoms with Gasteiger partial charge in [-0.25, -0.2) is 0 Å². The molecule has 1 aromatic rings. The lowest BCUT2D eigenvalue weighted by atomic mass is 10.2. The molecule has 0 radical (unpaired) electrons. The van der Waals surface area contributed by atoms with E-state index in [2.05, 4.69) is 11.9 Å². The van der Waals surface area contributed by atoms with E-state index in [1.54, 1.807) is 17.0 Å². The predicted octanol–water partition coefficient (Wildman–Crippen LogP) is 0.932. The number of rotatable bonds is 4. The number of nitrogens with zero attached hydrogens (tertiary/aromatic N) is 3. The van der Waals surface area contributed by atoms with Crippen molar-refractivity contribution >= 4 is 17.5 Å². The van der Waals surface area contributed by atoms with Crippen LogP contribution in [0.3, 0.4) is 0 Å². The van der Waals surface area contributed by atoms with Crippen molar-refractivity contribution in [3.63, 3.8) is 0 Å². The topological polar surface area (TPSA) is 62.3 Å². The highest BCUT2D eigenvalue weighted by Gasteiger charge is 2.22. The van der Waals surface area contributed by atoms with Crippen molar-refractivity contribution in [3.8, 4) is 11.5 Å². The minimum atomic E-state index is -0.0972. The molecule has 1 saturated heterocycles. The number of hydrogen-bond acceptors (Lipinski definition) is 5. The third kappa shape index (κ3) is 3.62. The minimum absolute atomic E-state index is 0.0927. The summed E-state index contributed by atoms with van der Waals surface area (Å²) in [6, 6.07) is 5.38. The maximum atomic E-state index is 12.4. The van der Waals surface area contributed by atoms with E-state index < -0.39 is 0 Å². The lowest BCUT2D eigenvalue weighted by molar-refractivity contribution is -0.132. The summed E-state index contributed by atoms with van der Waals surface area (Å²) in [7, 11) is 2.05. The van der Waals surface area contributed by atoms with Crippen LogP contribution < -0.4 is 14.4 Å². The van der Waals surface area contributed by atoms with Gasteiger partial charge < -0.3 is 24.2 Å². The molecule has 130 valence electrons. The first-order valence-corrected chi connectivity index (χ1v) is 8.18. The fraction of sp³-hybridized carbons (Fsp3) is 0.529. The largest absolute Gasteiger partial charge is 0.454 e. The van der Waals surface area contributed by atoms with Gasteiger partial charge in [0.2, 0.25) is 18.6 Å². The lowest BCUT2D eigenvalue weighted by Crippen LogP contribution is -2.47. The van der Waals surface area contributed by atoms with E-state index in [9.17, 15) is 9.59 Å². The first kappa shape index (κ1) is 16.6. The molecule has 1 fully saturated rings. The number of benzene rings is 1. The van der Waals surface area contributed by atoms with Gasteiger partial charge in [-0.3, -0.25) is 9.59 Å². The van der Waals surface area contributed by atoms with Crippen molar-refractivity contribution in [1.82, 2.24) is 9.80 Å². The SMILES string of the molecule is CC(=O)N(CCC(=O)N1CCN(C)CC1)c1ccc2c(c1)OCO2. The maximum absolute atomic E-state index is 12.4. The highest BCUT2D eigenvalue weighted by atomic mass is 16.7. The van der Waals surface area contributed by atoms with Gasteiger partial charge in [-0.2, -0.15) is 0 Å². The van der Waals surface area contributed by atoms with Gasteiger partial charge in [-0.15, -0.1) is 0 Å². The third-order valence-electron chi connectivity index (χ3n) is 4.45. The van der Waals surface area contributed by atoms with Crippen molar-refractivity contribution in [2.45, 2.75) is 13.3 Å². The second kappa shape index (κ2) is 7.09. The molecule has 3 rings (SSSR count). The van der Waals surface area contributed by atoms with Crippen molar-refractivity contribution in [2.75, 3.05) is 51.5 Å². The monoisotopic (exact) mass is 333 g/mol. The molecule has 0 aliphatic carbocycles. The van der Waals surface area contributed by atoms with Crippen LogP contribution in [0.15, 0.2) is 18.2 Å². The van der Waals surface area contributed by atoms with Crippen LogP contribution in [0.1, 0.15) is 13.3 Å². The zero-order valence-corrected chi connectivity index (χ0v) is 14.2. The summed E-state index contributed by atoms with van der Waals surface area (Å²) in [5.74, 6) is 1.30. The fourth-order valence-corrected chi connectivity index (χ4v) is 2.94. The second-order valence-electron chi connectivity index (χ2n) is 6.14. The van der Waals surface area contributed by atoms with E-state index in [1.165, 1.54) is 6.92 Å². The molecule has 0 N–H and O–H groups in total. The van der Waals surface area contributed by atoms with Crippen molar-refractivity contribution in [2.24, 2.45) is 0 Å². The Labute approximate surface area is 141 Å². The van der Waals surface area contributed by atoms with Gasteiger partial charge in [0.25, 0.3) is 0 Å². The van der Waals surface area contributed by atoms with Crippen LogP contribution in [0.4, 0.5) is 5.69 Å². The van der Waals surface area contributed by atoms with Gasteiger partial charge >= 0.3 is 0 Å². The molecule has 0 atom stereocenters. The Bertz CT molecular complexity index is 626. The number of carbonyl (C=O) groups excluding carboxylic acids is 2. The summed E-state index contributed by atoms with van der Waals surface area (Å²) < 4.78 is 10.6. The molecule has 2 amide bonds. The van der Waals surface area contributed by atoms with Crippen molar-refractivity contribution in [3.05, 3.63) is 18.2 Å². The summed E-state index contributed by atoms with van der Waals surface area (Å²) in [5.41, 5.74) is 0.720. The third-order valence-corrected chi connectivity index (χ3v) is 4.45. The molecule has 2 aliphatic rings. The molecular weight excluding hydrogens is 310 g/mol. The maximum Gasteiger partial charge on any atom is 0.231 e. The van der Waals surface area contributed by atoms with Crippen LogP contribution in [0.2, 0.25) is 0 Å². The summed E-state index contributed by atoms with van der Waals surface area (Å²) in [5, 5.41) is 0. The van der Waals surface area contributed by atoms with Crippen LogP contribution in [0.5, 0.6) is 11.5 Å². The Hall–Kier alpha value is -2.28. The molecule has 0 unspecified atom stereocenters. The number of ether oxygens (including phenoxy) is 2. The minimum Gasteiger partial charge on any atom is -0.454 e. The van der Waals surface area contributed by atoms with Crippen LogP contribution >= 0.6 is 0 Å². The van der Waals surface area contributed by atoms with E-state index >= 15 is 0 Å². The average Bonchev–Trinajstić information content (AvgIpc) is 3.03. The number of carbonyl (C=O) groups is 2. The number of hydrogen-bond donors (Lipinski definition) is 0. The van der Waals surface area contributed by atoms with E-state index in [0.29, 0.717) is 24.5 Å². The van der Waals surface area contributed by atoms with Gasteiger partial charge in [-0.05, 0) is 19.2 Å². The molecule has 7 heteroatoms. The number of amides is 2. The first-order valence-electron chi connectivity index (χ1n) is 8.18. The Morgan fingerprint density at radius 3 is 2.54 bits per heavy atom. The fourth-order valence-electron chi connectivity index (χ4n) is 2.94. The summed E-state index contributed by atoms with van der Waals surface area (Å²) in [4.78, 5) is 30.1. The molecule has 0 aromatic heterocycles. The number of fused-ring (bicyclic) bond motifs is 1. The quantitative estimate of drug-likeness (QED) is 0.820. The molecular formula is C17H23N3O4. The van der Waals surface area contributed by atoms with Crippen LogP contribution in [-0.4, -0.2) is 68.2 Å². The van der Waals surface area contributed by atoms with Gasteiger partial charge in [0.05, 0.1) is 0 Å². The van der Waals surface area contributed by atoms with Crippen LogP contribution in [0.25, 0.3) is 0 Å². The lowest BCUT2D eigenvalue weighted by Gasteiger charge is -2.33. The Morgan fingerprint density at radius 1 is 1.12 bits per heavy atom. The number of piperazine rings is 1. The molecule has 2 heterocycles. The molecule has 0 spiro atoms. The van der Waals surface area contributed by atoms with Gasteiger partial charge in [-0.1, -0.05) is 0 Å². The summed E-state index contributed by atoms with van der Waals surface area (Å²) in [6.45, 7) is 5.35. The van der Waals surface area contributed by atoms with Crippen LogP contribution in [0, 0.1) is 0 Å². The Balaban J connectivity index is 1.62. The zero-order chi connectivity index (χ0) is 17.1. The molecule has 0 bridgehead atoms. The number of likely N-dealkylation sites (N-methyl/N-ethyl adjacent to an activating group) is 1. The molecule has 2 aliphatic heterocycles. The molecule has 7 nitrogen and oxygen atoms in total. The standard InChI is InChI=1S/C17H23N3O4/c1-13(21)20(14-3-4-15-16(11-14)24-12-23-15)6-5-17(22)19-9-7-18(2)8-10-19/h3-4,11H,5-10,12H2,1-2H3. The normalized spacial score (nSPS) is 17.0. The van der Waals surface area contributed by atoms with E-state index in [0.717, 1.165) is 31.9 Å². The highest BCUT2D eigenvalue weighted by molar-refractivity contribution is 5.92. The summed E-state index contributed by atoms with van der Waals surface area (Å²) in [6.07, 6.45) is 0.317. The Morgan fingerprint density at radius 2 is 1.83 bits per heavy atom. The zero-order valence-electron chi connectivity index (χ0n) is 14.2. The van der Waals surface area contributed by atoms with E-state index in [-0.39, 0.29) is 18.6 Å². The molecule has 24 heavy (non-hydrogen) atoms. The number of anilines is 1. The van der Waals surface area contributed by atoms with Gasteiger partial charge in [0.15, 0.2) is 11.5 Å². The van der Waals surface area contributed by atoms with Crippen molar-refractivity contribution < 1.29 is 19.1 Å².